The van der Waals surface area contributed by atoms with Gasteiger partial charge in [0.25, 0.3) is 0 Å². The lowest BCUT2D eigenvalue weighted by Gasteiger charge is -2.16. The Balaban J connectivity index is 1.84. The van der Waals surface area contributed by atoms with E-state index in [2.05, 4.69) is 66.7 Å². The fourth-order valence-electron chi connectivity index (χ4n) is 3.94. The van der Waals surface area contributed by atoms with Gasteiger partial charge in [0, 0.05) is 23.6 Å². The maximum atomic E-state index is 5.93. The predicted molar refractivity (Wildman–Crippen MR) is 113 cm³/mol. The van der Waals surface area contributed by atoms with Crippen LogP contribution in [-0.4, -0.2) is 16.7 Å². The van der Waals surface area contributed by atoms with Crippen LogP contribution in [0, 0.1) is 0 Å². The highest BCUT2D eigenvalue weighted by Crippen LogP contribution is 2.35. The van der Waals surface area contributed by atoms with Gasteiger partial charge in [-0.2, -0.15) is 5.10 Å². The van der Waals surface area contributed by atoms with Crippen molar-refractivity contribution in [3.8, 4) is 11.3 Å². The van der Waals surface area contributed by atoms with Crippen molar-refractivity contribution in [1.29, 1.82) is 0 Å². The Kier molecular flexibility index (Phi) is 4.15. The van der Waals surface area contributed by atoms with Crippen LogP contribution in [0.1, 0.15) is 17.2 Å². The minimum Gasteiger partial charge on any atom is -0.372 e. The Hall–Kier alpha value is -3.43. The van der Waals surface area contributed by atoms with Crippen LogP contribution >= 0.6 is 0 Å². The van der Waals surface area contributed by atoms with Crippen molar-refractivity contribution in [3.63, 3.8) is 0 Å². The SMILES string of the molecule is COC(c1ccccc1)c1cnn2c(-c3ccccc3)cc3ccccc3c12. The summed E-state index contributed by atoms with van der Waals surface area (Å²) in [4.78, 5) is 0. The molecule has 136 valence electrons. The van der Waals surface area contributed by atoms with Crippen LogP contribution in [0.5, 0.6) is 0 Å². The molecule has 0 fully saturated rings. The van der Waals surface area contributed by atoms with Crippen molar-refractivity contribution in [2.45, 2.75) is 6.10 Å². The zero-order valence-corrected chi connectivity index (χ0v) is 15.6. The second-order valence-corrected chi connectivity index (χ2v) is 6.87. The average Bonchev–Trinajstić information content (AvgIpc) is 3.20. The fraction of sp³-hybridized carbons (Fsp3) is 0.0800. The average molecular weight is 364 g/mol. The van der Waals surface area contributed by atoms with E-state index in [9.17, 15) is 0 Å². The van der Waals surface area contributed by atoms with Gasteiger partial charge in [-0.1, -0.05) is 84.9 Å². The maximum absolute atomic E-state index is 5.93. The Labute approximate surface area is 163 Å². The number of rotatable bonds is 4. The topological polar surface area (TPSA) is 26.5 Å². The number of fused-ring (bicyclic) bond motifs is 3. The Morgan fingerprint density at radius 2 is 1.50 bits per heavy atom. The maximum Gasteiger partial charge on any atom is 0.111 e. The van der Waals surface area contributed by atoms with Gasteiger partial charge in [-0.3, -0.25) is 0 Å². The van der Waals surface area contributed by atoms with Gasteiger partial charge in [0.2, 0.25) is 0 Å². The van der Waals surface area contributed by atoms with Crippen LogP contribution in [0.3, 0.4) is 0 Å². The first-order valence-corrected chi connectivity index (χ1v) is 9.39. The summed E-state index contributed by atoms with van der Waals surface area (Å²) < 4.78 is 7.97. The van der Waals surface area contributed by atoms with E-state index in [1.54, 1.807) is 7.11 Å². The molecule has 0 saturated carbocycles. The molecule has 0 amide bonds. The van der Waals surface area contributed by atoms with Gasteiger partial charge in [0.05, 0.1) is 17.4 Å². The summed E-state index contributed by atoms with van der Waals surface area (Å²) in [5, 5.41) is 7.14. The summed E-state index contributed by atoms with van der Waals surface area (Å²) in [6.45, 7) is 0. The van der Waals surface area contributed by atoms with Crippen molar-refractivity contribution in [1.82, 2.24) is 9.61 Å². The molecule has 0 N–H and O–H groups in total. The van der Waals surface area contributed by atoms with Crippen LogP contribution in [-0.2, 0) is 4.74 Å². The standard InChI is InChI=1S/C25H20N2O/c1-28-25(19-12-6-3-7-13-19)22-17-26-27-23(18-10-4-2-5-11-18)16-20-14-8-9-15-21(20)24(22)27/h2-17,25H,1H3. The molecule has 0 aliphatic rings. The number of nitrogens with zero attached hydrogens (tertiary/aromatic N) is 2. The smallest absolute Gasteiger partial charge is 0.111 e. The summed E-state index contributed by atoms with van der Waals surface area (Å²) in [6.07, 6.45) is 1.77. The number of aromatic nitrogens is 2. The zero-order chi connectivity index (χ0) is 18.9. The first-order chi connectivity index (χ1) is 13.9. The van der Waals surface area contributed by atoms with Crippen LogP contribution in [0.15, 0.2) is 97.2 Å². The summed E-state index contributed by atoms with van der Waals surface area (Å²) >= 11 is 0. The lowest BCUT2D eigenvalue weighted by Crippen LogP contribution is -2.04. The third kappa shape index (κ3) is 2.68. The van der Waals surface area contributed by atoms with Gasteiger partial charge in [0.15, 0.2) is 0 Å². The molecule has 3 heteroatoms. The minimum atomic E-state index is -0.173. The van der Waals surface area contributed by atoms with E-state index in [4.69, 9.17) is 9.84 Å². The largest absolute Gasteiger partial charge is 0.372 e. The molecule has 0 saturated heterocycles. The van der Waals surface area contributed by atoms with E-state index >= 15 is 0 Å². The summed E-state index contributed by atoms with van der Waals surface area (Å²) in [5.74, 6) is 0. The molecule has 1 atom stereocenters. The molecule has 1 unspecified atom stereocenters. The molecule has 0 spiro atoms. The number of hydrogen-bond acceptors (Lipinski definition) is 2. The van der Waals surface area contributed by atoms with Gasteiger partial charge in [-0.05, 0) is 17.0 Å². The predicted octanol–water partition coefficient (Wildman–Crippen LogP) is 5.89. The van der Waals surface area contributed by atoms with Gasteiger partial charge in [0.1, 0.15) is 6.10 Å². The van der Waals surface area contributed by atoms with Gasteiger partial charge in [-0.25, -0.2) is 4.52 Å². The molecule has 0 aliphatic heterocycles. The third-order valence-electron chi connectivity index (χ3n) is 5.22. The summed E-state index contributed by atoms with van der Waals surface area (Å²) in [6, 6.07) is 31.4. The van der Waals surface area contributed by atoms with E-state index in [1.165, 1.54) is 10.8 Å². The molecule has 28 heavy (non-hydrogen) atoms. The van der Waals surface area contributed by atoms with Crippen molar-refractivity contribution >= 4 is 16.3 Å². The fourth-order valence-corrected chi connectivity index (χ4v) is 3.94. The first-order valence-electron chi connectivity index (χ1n) is 9.39. The quantitative estimate of drug-likeness (QED) is 0.397. The summed E-state index contributed by atoms with van der Waals surface area (Å²) in [7, 11) is 1.75. The zero-order valence-electron chi connectivity index (χ0n) is 15.6. The number of benzene rings is 3. The molecule has 0 radical (unpaired) electrons. The van der Waals surface area contributed by atoms with E-state index in [-0.39, 0.29) is 6.10 Å². The molecule has 2 heterocycles. The molecular formula is C25H20N2O. The van der Waals surface area contributed by atoms with Crippen molar-refractivity contribution < 1.29 is 4.74 Å². The van der Waals surface area contributed by atoms with Crippen LogP contribution in [0.25, 0.3) is 27.5 Å². The second-order valence-electron chi connectivity index (χ2n) is 6.87. The highest BCUT2D eigenvalue weighted by Gasteiger charge is 2.21. The van der Waals surface area contributed by atoms with E-state index in [0.717, 1.165) is 27.9 Å². The van der Waals surface area contributed by atoms with Crippen molar-refractivity contribution in [2.75, 3.05) is 7.11 Å². The van der Waals surface area contributed by atoms with E-state index in [1.807, 2.05) is 35.0 Å². The third-order valence-corrected chi connectivity index (χ3v) is 5.22. The Bertz CT molecular complexity index is 1240. The number of pyridine rings is 1. The van der Waals surface area contributed by atoms with E-state index < -0.39 is 0 Å². The van der Waals surface area contributed by atoms with E-state index in [0.29, 0.717) is 0 Å². The van der Waals surface area contributed by atoms with Crippen molar-refractivity contribution in [2.24, 2.45) is 0 Å². The number of methoxy groups -OCH3 is 1. The normalized spacial score (nSPS) is 12.5. The second kappa shape index (κ2) is 6.95. The Morgan fingerprint density at radius 1 is 0.821 bits per heavy atom. The molecule has 3 nitrogen and oxygen atoms in total. The monoisotopic (exact) mass is 364 g/mol. The molecule has 3 aromatic carbocycles. The number of hydrogen-bond donors (Lipinski definition) is 0. The van der Waals surface area contributed by atoms with Gasteiger partial charge in [-0.15, -0.1) is 0 Å². The van der Waals surface area contributed by atoms with Gasteiger partial charge < -0.3 is 4.74 Å². The Morgan fingerprint density at radius 3 is 2.25 bits per heavy atom. The molecular weight excluding hydrogens is 344 g/mol. The molecule has 2 aromatic heterocycles. The molecule has 5 rings (SSSR count). The van der Waals surface area contributed by atoms with Crippen molar-refractivity contribution in [3.05, 3.63) is 108 Å². The lowest BCUT2D eigenvalue weighted by atomic mass is 9.99. The van der Waals surface area contributed by atoms with Crippen LogP contribution in [0.4, 0.5) is 0 Å². The van der Waals surface area contributed by atoms with Crippen LogP contribution in [0.2, 0.25) is 0 Å². The summed E-state index contributed by atoms with van der Waals surface area (Å²) in [5.41, 5.74) is 5.49. The lowest BCUT2D eigenvalue weighted by molar-refractivity contribution is 0.137. The molecule has 0 bridgehead atoms. The molecule has 0 aliphatic carbocycles. The number of ether oxygens (including phenoxy) is 1. The first kappa shape index (κ1) is 16.7. The highest BCUT2D eigenvalue weighted by atomic mass is 16.5. The highest BCUT2D eigenvalue weighted by molar-refractivity contribution is 6.00. The van der Waals surface area contributed by atoms with Gasteiger partial charge >= 0.3 is 0 Å². The van der Waals surface area contributed by atoms with Crippen LogP contribution < -0.4 is 0 Å². The molecule has 5 aromatic rings. The minimum absolute atomic E-state index is 0.173.